The van der Waals surface area contributed by atoms with Gasteiger partial charge in [0.15, 0.2) is 5.44 Å². The van der Waals surface area contributed by atoms with Crippen molar-refractivity contribution in [1.29, 1.82) is 0 Å². The minimum Gasteiger partial charge on any atom is -0.469 e. The summed E-state index contributed by atoms with van der Waals surface area (Å²) in [6, 6.07) is 0. The van der Waals surface area contributed by atoms with Crippen molar-refractivity contribution in [3.05, 3.63) is 0 Å². The van der Waals surface area contributed by atoms with E-state index in [1.54, 1.807) is 0 Å². The van der Waals surface area contributed by atoms with E-state index in [1.807, 2.05) is 0 Å². The maximum absolute atomic E-state index is 11.8. The molecule has 2 N–H and O–H groups in total. The molecule has 3 aliphatic carbocycles. The van der Waals surface area contributed by atoms with Gasteiger partial charge in [-0.3, -0.25) is 9.35 Å². The number of aliphatic hydroxyl groups is 1. The molecule has 8 heteroatoms. The average Bonchev–Trinajstić information content (AvgIpc) is 2.38. The molecule has 3 rings (SSSR count). The summed E-state index contributed by atoms with van der Waals surface area (Å²) in [6.07, 6.45) is 2.78. The summed E-state index contributed by atoms with van der Waals surface area (Å²) < 4.78 is 36.0. The number of methoxy groups -OCH3 is 1. The molecule has 1 unspecified atom stereocenters. The molecule has 0 aromatic heterocycles. The number of fused-ring (bicyclic) bond motifs is 3. The van der Waals surface area contributed by atoms with Gasteiger partial charge in [-0.1, -0.05) is 0 Å². The van der Waals surface area contributed by atoms with Gasteiger partial charge in [-0.25, -0.2) is 0 Å². The Bertz CT molecular complexity index is 435. The number of hydrogen-bond acceptors (Lipinski definition) is 5. The van der Waals surface area contributed by atoms with Crippen LogP contribution in [0, 0.1) is 10.8 Å². The van der Waals surface area contributed by atoms with Crippen molar-refractivity contribution in [1.82, 2.24) is 0 Å². The summed E-state index contributed by atoms with van der Waals surface area (Å²) in [5.41, 5.74) is -3.07. The molecule has 0 aromatic carbocycles. The summed E-state index contributed by atoms with van der Waals surface area (Å²) in [4.78, 5) is 11.8. The predicted octanol–water partition coefficient (Wildman–Crippen LogP) is 0.325. The second-order valence-corrected chi connectivity index (χ2v) is 6.98. The number of carbonyl (C=O) groups excluding carboxylic acids is 1. The summed E-state index contributed by atoms with van der Waals surface area (Å²) in [5.74, 6) is -0.253. The van der Waals surface area contributed by atoms with Gasteiger partial charge in [-0.2, -0.15) is 8.42 Å². The molecule has 3 fully saturated rings. The van der Waals surface area contributed by atoms with Crippen molar-refractivity contribution in [3.63, 3.8) is 0 Å². The number of aliphatic hydroxyl groups excluding tert-OH is 1. The van der Waals surface area contributed by atoms with E-state index in [0.29, 0.717) is 38.5 Å². The number of esters is 1. The van der Waals surface area contributed by atoms with Gasteiger partial charge >= 0.3 is 5.97 Å². The van der Waals surface area contributed by atoms with Crippen LogP contribution in [-0.4, -0.2) is 66.1 Å². The van der Waals surface area contributed by atoms with Crippen molar-refractivity contribution < 1.29 is 27.6 Å². The summed E-state index contributed by atoms with van der Waals surface area (Å²) >= 11 is 0. The quantitative estimate of drug-likeness (QED) is 0.442. The Morgan fingerprint density at radius 1 is 1.16 bits per heavy atom. The van der Waals surface area contributed by atoms with Crippen LogP contribution >= 0.6 is 0 Å². The predicted molar refractivity (Wildman–Crippen MR) is 67.9 cm³/mol. The van der Waals surface area contributed by atoms with E-state index in [-0.39, 0.29) is 35.5 Å². The first-order valence-corrected chi connectivity index (χ1v) is 7.49. The minimum atomic E-state index is -4.45. The maximum Gasteiger partial charge on any atom is 0.311 e. The molecule has 3 saturated carbocycles. The zero-order chi connectivity index (χ0) is 13.6. The van der Waals surface area contributed by atoms with Gasteiger partial charge in [0.1, 0.15) is 0 Å². The molecule has 0 aromatic rings. The Morgan fingerprint density at radius 3 is 1.89 bits per heavy atom. The Balaban J connectivity index is 0.00000180. The van der Waals surface area contributed by atoms with Crippen molar-refractivity contribution in [2.24, 2.45) is 10.8 Å². The summed E-state index contributed by atoms with van der Waals surface area (Å²) in [5, 5.41) is 9.81. The Hall–Kier alpha value is 0.340. The van der Waals surface area contributed by atoms with Gasteiger partial charge in [0, 0.05) is 35.0 Å². The van der Waals surface area contributed by atoms with Gasteiger partial charge in [-0.05, 0) is 38.5 Å². The van der Waals surface area contributed by atoms with Crippen LogP contribution in [0.1, 0.15) is 38.5 Å². The van der Waals surface area contributed by atoms with Crippen molar-refractivity contribution in [2.45, 2.75) is 44.0 Å². The van der Waals surface area contributed by atoms with Crippen LogP contribution in [0.15, 0.2) is 0 Å². The van der Waals surface area contributed by atoms with Crippen LogP contribution in [-0.2, 0) is 19.6 Å². The van der Waals surface area contributed by atoms with Crippen LogP contribution in [0.4, 0.5) is 0 Å². The van der Waals surface area contributed by atoms with Gasteiger partial charge in [0.2, 0.25) is 0 Å². The van der Waals surface area contributed by atoms with E-state index < -0.39 is 26.4 Å². The largest absolute Gasteiger partial charge is 0.469 e. The summed E-state index contributed by atoms with van der Waals surface area (Å²) in [6.45, 7) is 0. The van der Waals surface area contributed by atoms with Gasteiger partial charge in [0.25, 0.3) is 10.1 Å². The second-order valence-electron chi connectivity index (χ2n) is 5.50. The third-order valence-electron chi connectivity index (χ3n) is 4.73. The topological polar surface area (TPSA) is 101 Å². The fourth-order valence-corrected chi connectivity index (χ4v) is 4.41. The monoisotopic (exact) mass is 301 g/mol. The van der Waals surface area contributed by atoms with E-state index in [0.717, 1.165) is 0 Å². The third-order valence-corrected chi connectivity index (χ3v) is 5.79. The van der Waals surface area contributed by atoms with E-state index in [1.165, 1.54) is 7.11 Å². The standard InChI is InChI=1S/C11H18O6S.Na/c1-17-8(12)10-2-5-11(6-3-10,7-4-10)9(13)18(14,15)16;/h9,13H,2-7H2,1H3,(H,14,15,16);. The van der Waals surface area contributed by atoms with Crippen LogP contribution < -0.4 is 0 Å². The van der Waals surface area contributed by atoms with Crippen molar-refractivity contribution in [3.8, 4) is 0 Å². The maximum atomic E-state index is 11.8. The zero-order valence-corrected chi connectivity index (χ0v) is 14.1. The molecule has 105 valence electrons. The van der Waals surface area contributed by atoms with E-state index in [4.69, 9.17) is 9.29 Å². The molecule has 2 bridgehead atoms. The molecule has 1 atom stereocenters. The molecule has 19 heavy (non-hydrogen) atoms. The first-order chi connectivity index (χ1) is 8.26. The van der Waals surface area contributed by atoms with Gasteiger partial charge in [-0.15, -0.1) is 0 Å². The zero-order valence-electron chi connectivity index (χ0n) is 11.3. The van der Waals surface area contributed by atoms with Crippen LogP contribution in [0.25, 0.3) is 0 Å². The van der Waals surface area contributed by atoms with Gasteiger partial charge in [0.05, 0.1) is 12.5 Å². The van der Waals surface area contributed by atoms with E-state index in [2.05, 4.69) is 0 Å². The normalized spacial score (nSPS) is 35.3. The van der Waals surface area contributed by atoms with E-state index >= 15 is 0 Å². The first kappa shape index (κ1) is 17.4. The van der Waals surface area contributed by atoms with Crippen LogP contribution in [0.5, 0.6) is 0 Å². The van der Waals surface area contributed by atoms with Crippen LogP contribution in [0.3, 0.4) is 0 Å². The number of ether oxygens (including phenoxy) is 1. The molecule has 0 saturated heterocycles. The number of rotatable bonds is 3. The number of carbonyl (C=O) groups is 1. The van der Waals surface area contributed by atoms with Crippen LogP contribution in [0.2, 0.25) is 0 Å². The summed E-state index contributed by atoms with van der Waals surface area (Å²) in [7, 11) is -3.11. The van der Waals surface area contributed by atoms with Crippen molar-refractivity contribution in [2.75, 3.05) is 7.11 Å². The number of hydrogen-bond donors (Lipinski definition) is 2. The fourth-order valence-electron chi connectivity index (χ4n) is 3.42. The Labute approximate surface area is 134 Å². The SMILES string of the molecule is COC(=O)C12CCC(C(O)S(=O)(=O)O)(CC1)CC2.[Na]. The third kappa shape index (κ3) is 2.87. The molecule has 0 amide bonds. The molecular formula is C11H18NaO6S. The molecule has 3 aliphatic rings. The fraction of sp³-hybridized carbons (Fsp3) is 0.909. The van der Waals surface area contributed by atoms with E-state index in [9.17, 15) is 18.3 Å². The van der Waals surface area contributed by atoms with Crippen molar-refractivity contribution >= 4 is 45.6 Å². The molecular weight excluding hydrogens is 283 g/mol. The molecule has 1 radical (unpaired) electrons. The second kappa shape index (κ2) is 5.61. The Morgan fingerprint density at radius 2 is 1.58 bits per heavy atom. The first-order valence-electron chi connectivity index (χ1n) is 5.99. The molecule has 0 heterocycles. The minimum absolute atomic E-state index is 0. The smallest absolute Gasteiger partial charge is 0.311 e. The van der Waals surface area contributed by atoms with Gasteiger partial charge < -0.3 is 9.84 Å². The Kier molecular flexibility index (Phi) is 5.14. The molecule has 6 nitrogen and oxygen atoms in total. The molecule has 0 aliphatic heterocycles. The molecule has 0 spiro atoms. The average molecular weight is 301 g/mol.